The lowest BCUT2D eigenvalue weighted by Gasteiger charge is -2.21. The van der Waals surface area contributed by atoms with E-state index in [1.165, 1.54) is 30.3 Å². The first-order valence-corrected chi connectivity index (χ1v) is 13.6. The number of hydrogen-bond donors (Lipinski definition) is 4. The summed E-state index contributed by atoms with van der Waals surface area (Å²) in [5.41, 5.74) is 0.105. The summed E-state index contributed by atoms with van der Waals surface area (Å²) in [5, 5.41) is 29.8. The van der Waals surface area contributed by atoms with Crippen molar-refractivity contribution in [2.45, 2.75) is 31.6 Å². The van der Waals surface area contributed by atoms with E-state index in [1.54, 1.807) is 24.3 Å². The maximum absolute atomic E-state index is 15.0. The second-order valence-electron chi connectivity index (χ2n) is 10.4. The number of anilines is 1. The van der Waals surface area contributed by atoms with Gasteiger partial charge in [-0.25, -0.2) is 13.9 Å². The van der Waals surface area contributed by atoms with E-state index in [0.717, 1.165) is 29.2 Å². The largest absolute Gasteiger partial charge is 0.465 e. The van der Waals surface area contributed by atoms with Crippen LogP contribution in [0.4, 0.5) is 28.0 Å². The number of benzene rings is 3. The second kappa shape index (κ2) is 12.6. The van der Waals surface area contributed by atoms with E-state index in [-0.39, 0.29) is 17.9 Å². The minimum Gasteiger partial charge on any atom is -0.465 e. The van der Waals surface area contributed by atoms with Crippen molar-refractivity contribution in [2.24, 2.45) is 5.92 Å². The van der Waals surface area contributed by atoms with E-state index >= 15 is 4.39 Å². The van der Waals surface area contributed by atoms with E-state index in [2.05, 4.69) is 27.1 Å². The second-order valence-corrected chi connectivity index (χ2v) is 10.4. The maximum Gasteiger partial charge on any atom is 0.435 e. The van der Waals surface area contributed by atoms with Crippen molar-refractivity contribution in [2.75, 3.05) is 11.9 Å². The molecule has 4 N–H and O–H groups in total. The van der Waals surface area contributed by atoms with Crippen molar-refractivity contribution in [3.63, 3.8) is 0 Å². The van der Waals surface area contributed by atoms with Crippen molar-refractivity contribution in [1.82, 2.24) is 20.4 Å². The van der Waals surface area contributed by atoms with Gasteiger partial charge in [0.25, 0.3) is 5.91 Å². The van der Waals surface area contributed by atoms with Gasteiger partial charge in [0, 0.05) is 12.6 Å². The molecule has 44 heavy (non-hydrogen) atoms. The summed E-state index contributed by atoms with van der Waals surface area (Å²) in [7, 11) is 0. The number of halogens is 4. The molecule has 1 unspecified atom stereocenters. The van der Waals surface area contributed by atoms with Crippen LogP contribution in [-0.4, -0.2) is 33.4 Å². The van der Waals surface area contributed by atoms with Crippen LogP contribution in [-0.2, 0) is 12.7 Å². The molecule has 1 aliphatic rings. The Labute approximate surface area is 249 Å². The summed E-state index contributed by atoms with van der Waals surface area (Å²) in [6, 6.07) is 19.0. The average molecular weight is 607 g/mol. The van der Waals surface area contributed by atoms with Gasteiger partial charge in [0.15, 0.2) is 5.69 Å². The van der Waals surface area contributed by atoms with E-state index in [4.69, 9.17) is 5.11 Å². The Morgan fingerprint density at radius 2 is 1.80 bits per heavy atom. The van der Waals surface area contributed by atoms with Crippen molar-refractivity contribution < 1.29 is 32.3 Å². The van der Waals surface area contributed by atoms with Gasteiger partial charge in [0.2, 0.25) is 0 Å². The van der Waals surface area contributed by atoms with Crippen LogP contribution in [0.15, 0.2) is 72.8 Å². The molecule has 0 bridgehead atoms. The Morgan fingerprint density at radius 3 is 2.50 bits per heavy atom. The molecule has 1 atom stereocenters. The lowest BCUT2D eigenvalue weighted by molar-refractivity contribution is -0.141. The summed E-state index contributed by atoms with van der Waals surface area (Å²) in [6.45, 7) is 0.546. The molecule has 9 nitrogen and oxygen atoms in total. The van der Waals surface area contributed by atoms with Crippen LogP contribution in [0, 0.1) is 23.1 Å². The van der Waals surface area contributed by atoms with Crippen LogP contribution >= 0.6 is 0 Å². The number of nitrogens with zero attached hydrogens (tertiary/aromatic N) is 3. The number of hydrogen-bond acceptors (Lipinski definition) is 5. The third-order valence-corrected chi connectivity index (χ3v) is 7.06. The van der Waals surface area contributed by atoms with Gasteiger partial charge in [0.05, 0.1) is 29.0 Å². The van der Waals surface area contributed by atoms with Crippen LogP contribution in [0.2, 0.25) is 0 Å². The smallest absolute Gasteiger partial charge is 0.435 e. The molecule has 0 radical (unpaired) electrons. The van der Waals surface area contributed by atoms with Crippen LogP contribution in [0.25, 0.3) is 5.69 Å². The number of carbonyl (C=O) groups excluding carboxylic acids is 1. The number of nitrogens with one attached hydrogen (secondary N) is 3. The zero-order chi connectivity index (χ0) is 31.4. The fourth-order valence-electron chi connectivity index (χ4n) is 4.68. The Kier molecular flexibility index (Phi) is 8.64. The minimum absolute atomic E-state index is 0.0614. The first kappa shape index (κ1) is 30.2. The number of rotatable bonds is 10. The molecule has 4 aromatic rings. The zero-order valence-corrected chi connectivity index (χ0v) is 23.0. The Bertz CT molecular complexity index is 1740. The van der Waals surface area contributed by atoms with Crippen LogP contribution < -0.4 is 16.0 Å². The number of carboxylic acid groups (broad SMARTS) is 1. The quantitative estimate of drug-likeness (QED) is 0.164. The molecule has 1 aromatic heterocycles. The fraction of sp³-hybridized carbons (Fsp3) is 0.226. The first-order chi connectivity index (χ1) is 21.0. The molecule has 13 heteroatoms. The molecule has 5 rings (SSSR count). The Balaban J connectivity index is 1.48. The van der Waals surface area contributed by atoms with E-state index < -0.39 is 41.4 Å². The van der Waals surface area contributed by atoms with Gasteiger partial charge in [-0.1, -0.05) is 30.3 Å². The molecule has 1 heterocycles. The lowest BCUT2D eigenvalue weighted by Crippen LogP contribution is -2.25. The van der Waals surface area contributed by atoms with Crippen LogP contribution in [0.1, 0.15) is 57.3 Å². The van der Waals surface area contributed by atoms with E-state index in [1.807, 2.05) is 6.07 Å². The number of carbonyl (C=O) groups is 2. The summed E-state index contributed by atoms with van der Waals surface area (Å²) < 4.78 is 56.8. The predicted molar refractivity (Wildman–Crippen MR) is 152 cm³/mol. The first-order valence-electron chi connectivity index (χ1n) is 13.6. The molecule has 1 saturated carbocycles. The predicted octanol–water partition coefficient (Wildman–Crippen LogP) is 6.01. The van der Waals surface area contributed by atoms with Gasteiger partial charge in [-0.05, 0) is 78.4 Å². The highest BCUT2D eigenvalue weighted by atomic mass is 19.4. The number of amides is 2. The van der Waals surface area contributed by atoms with Crippen molar-refractivity contribution in [1.29, 1.82) is 5.26 Å². The standard InChI is InChI=1S/C31H26F4N6O3/c32-24-10-9-22(28(37-16-18-7-8-18)21-5-1-3-19(11-21)15-36)13-25(24)39-29(42)26-14-27(31(33,34)35)40-41(26)23-6-2-4-20(12-23)17-38-30(43)44/h1-6,9-14,18,28,37-38H,7-8,16-17H2,(H,39,42)(H,43,44). The minimum atomic E-state index is -4.88. The van der Waals surface area contributed by atoms with E-state index in [0.29, 0.717) is 35.2 Å². The van der Waals surface area contributed by atoms with Gasteiger partial charge in [-0.3, -0.25) is 4.79 Å². The van der Waals surface area contributed by atoms with Crippen LogP contribution in [0.5, 0.6) is 0 Å². The summed E-state index contributed by atoms with van der Waals surface area (Å²) >= 11 is 0. The molecule has 0 spiro atoms. The van der Waals surface area contributed by atoms with Crippen LogP contribution in [0.3, 0.4) is 0 Å². The van der Waals surface area contributed by atoms with Crippen molar-refractivity contribution >= 4 is 17.7 Å². The summed E-state index contributed by atoms with van der Waals surface area (Å²) in [5.74, 6) is -1.36. The molecule has 0 saturated heterocycles. The third-order valence-electron chi connectivity index (χ3n) is 7.06. The Morgan fingerprint density at radius 1 is 1.05 bits per heavy atom. The van der Waals surface area contributed by atoms with Crippen molar-refractivity contribution in [3.8, 4) is 11.8 Å². The van der Waals surface area contributed by atoms with Gasteiger partial charge >= 0.3 is 12.3 Å². The molecule has 2 amide bonds. The highest BCUT2D eigenvalue weighted by Gasteiger charge is 2.36. The highest BCUT2D eigenvalue weighted by molar-refractivity contribution is 6.03. The molecule has 0 aliphatic heterocycles. The number of nitriles is 1. The zero-order valence-electron chi connectivity index (χ0n) is 23.0. The normalized spacial score (nSPS) is 13.6. The fourth-order valence-corrected chi connectivity index (χ4v) is 4.68. The van der Waals surface area contributed by atoms with Gasteiger partial charge in [-0.15, -0.1) is 0 Å². The monoisotopic (exact) mass is 606 g/mol. The molecule has 3 aromatic carbocycles. The topological polar surface area (TPSA) is 132 Å². The average Bonchev–Trinajstić information content (AvgIpc) is 3.71. The van der Waals surface area contributed by atoms with E-state index in [9.17, 15) is 28.0 Å². The highest BCUT2D eigenvalue weighted by Crippen LogP contribution is 2.33. The molecule has 226 valence electrons. The Hall–Kier alpha value is -5.22. The summed E-state index contributed by atoms with van der Waals surface area (Å²) in [4.78, 5) is 24.3. The third kappa shape index (κ3) is 7.22. The molecular formula is C31H26F4N6O3. The van der Waals surface area contributed by atoms with Crippen molar-refractivity contribution in [3.05, 3.63) is 112 Å². The van der Waals surface area contributed by atoms with Gasteiger partial charge in [0.1, 0.15) is 11.5 Å². The SMILES string of the molecule is N#Cc1cccc(C(NCC2CC2)c2ccc(F)c(NC(=O)c3cc(C(F)(F)F)nn3-c3cccc(CNC(=O)O)c3)c2)c1. The maximum atomic E-state index is 15.0. The number of alkyl halides is 3. The van der Waals surface area contributed by atoms with Gasteiger partial charge < -0.3 is 21.1 Å². The summed E-state index contributed by atoms with van der Waals surface area (Å²) in [6.07, 6.45) is -4.02. The molecule has 1 aliphatic carbocycles. The number of aromatic nitrogens is 2. The molecule has 1 fully saturated rings. The molecular weight excluding hydrogens is 580 g/mol. The lowest BCUT2D eigenvalue weighted by atomic mass is 9.96. The van der Waals surface area contributed by atoms with Gasteiger partial charge in [-0.2, -0.15) is 23.5 Å².